The standard InChI is InChI=1S/C19H23N3O4/c1-24-17-6-5-14(9-18(17)25-2)22-19(23)13-8-15(11-20-10-13)21-12-16-4-3-7-26-16/h5-6,8-11,16,21H,3-4,7,12H2,1-2H3,(H,22,23). The van der Waals surface area contributed by atoms with Crippen LogP contribution in [-0.4, -0.2) is 44.4 Å². The molecule has 2 aromatic rings. The minimum Gasteiger partial charge on any atom is -0.493 e. The molecule has 3 rings (SSSR count). The lowest BCUT2D eigenvalue weighted by Crippen LogP contribution is -2.19. The van der Waals surface area contributed by atoms with E-state index in [0.717, 1.165) is 25.1 Å². The van der Waals surface area contributed by atoms with Crippen LogP contribution in [0.25, 0.3) is 0 Å². The van der Waals surface area contributed by atoms with E-state index in [1.807, 2.05) is 0 Å². The minimum absolute atomic E-state index is 0.222. The van der Waals surface area contributed by atoms with Crippen molar-refractivity contribution in [1.29, 1.82) is 0 Å². The van der Waals surface area contributed by atoms with Crippen LogP contribution < -0.4 is 20.1 Å². The van der Waals surface area contributed by atoms with Crippen molar-refractivity contribution < 1.29 is 19.0 Å². The Bertz CT molecular complexity index is 760. The Labute approximate surface area is 152 Å². The van der Waals surface area contributed by atoms with Crippen molar-refractivity contribution in [2.24, 2.45) is 0 Å². The zero-order valence-corrected chi connectivity index (χ0v) is 15.0. The summed E-state index contributed by atoms with van der Waals surface area (Å²) in [6.07, 6.45) is 5.60. The van der Waals surface area contributed by atoms with E-state index >= 15 is 0 Å². The second-order valence-corrected chi connectivity index (χ2v) is 6.00. The van der Waals surface area contributed by atoms with Crippen LogP contribution >= 0.6 is 0 Å². The van der Waals surface area contributed by atoms with Gasteiger partial charge in [-0.15, -0.1) is 0 Å². The van der Waals surface area contributed by atoms with E-state index < -0.39 is 0 Å². The van der Waals surface area contributed by atoms with Crippen molar-refractivity contribution in [2.45, 2.75) is 18.9 Å². The predicted molar refractivity (Wildman–Crippen MR) is 99.2 cm³/mol. The monoisotopic (exact) mass is 357 g/mol. The Balaban J connectivity index is 1.64. The molecule has 1 saturated heterocycles. The number of nitrogens with one attached hydrogen (secondary N) is 2. The summed E-state index contributed by atoms with van der Waals surface area (Å²) in [5.41, 5.74) is 1.88. The molecule has 0 radical (unpaired) electrons. The summed E-state index contributed by atoms with van der Waals surface area (Å²) < 4.78 is 16.0. The highest BCUT2D eigenvalue weighted by molar-refractivity contribution is 6.04. The van der Waals surface area contributed by atoms with Crippen molar-refractivity contribution in [1.82, 2.24) is 4.98 Å². The number of benzene rings is 1. The third-order valence-electron chi connectivity index (χ3n) is 4.20. The quantitative estimate of drug-likeness (QED) is 0.793. The molecule has 2 N–H and O–H groups in total. The second-order valence-electron chi connectivity index (χ2n) is 6.00. The van der Waals surface area contributed by atoms with Gasteiger partial charge in [-0.25, -0.2) is 0 Å². The molecule has 138 valence electrons. The van der Waals surface area contributed by atoms with Gasteiger partial charge in [-0.1, -0.05) is 0 Å². The van der Waals surface area contributed by atoms with Gasteiger partial charge < -0.3 is 24.8 Å². The molecule has 0 saturated carbocycles. The van der Waals surface area contributed by atoms with Crippen molar-refractivity contribution in [3.63, 3.8) is 0 Å². The van der Waals surface area contributed by atoms with E-state index in [-0.39, 0.29) is 12.0 Å². The first kappa shape index (κ1) is 18.0. The smallest absolute Gasteiger partial charge is 0.257 e. The molecule has 1 unspecified atom stereocenters. The van der Waals surface area contributed by atoms with Crippen molar-refractivity contribution in [3.8, 4) is 11.5 Å². The summed E-state index contributed by atoms with van der Waals surface area (Å²) in [6, 6.07) is 6.99. The number of rotatable bonds is 7. The molecule has 1 amide bonds. The molecule has 1 atom stereocenters. The highest BCUT2D eigenvalue weighted by Crippen LogP contribution is 2.30. The highest BCUT2D eigenvalue weighted by Gasteiger charge is 2.15. The molecule has 1 aliphatic heterocycles. The van der Waals surface area contributed by atoms with Crippen LogP contribution in [-0.2, 0) is 4.74 Å². The fraction of sp³-hybridized carbons (Fsp3) is 0.368. The lowest BCUT2D eigenvalue weighted by atomic mass is 10.2. The molecular formula is C19H23N3O4. The average molecular weight is 357 g/mol. The molecule has 7 nitrogen and oxygen atoms in total. The van der Waals surface area contributed by atoms with Gasteiger partial charge in [-0.3, -0.25) is 9.78 Å². The van der Waals surface area contributed by atoms with E-state index in [9.17, 15) is 4.79 Å². The molecule has 7 heteroatoms. The Morgan fingerprint density at radius 2 is 2.04 bits per heavy atom. The van der Waals surface area contributed by atoms with Crippen LogP contribution in [0.2, 0.25) is 0 Å². The number of aromatic nitrogens is 1. The van der Waals surface area contributed by atoms with Gasteiger partial charge >= 0.3 is 0 Å². The molecule has 26 heavy (non-hydrogen) atoms. The number of carbonyl (C=O) groups is 1. The second kappa shape index (κ2) is 8.53. The van der Waals surface area contributed by atoms with Crippen LogP contribution in [0.3, 0.4) is 0 Å². The van der Waals surface area contributed by atoms with Crippen molar-refractivity contribution in [3.05, 3.63) is 42.2 Å². The highest BCUT2D eigenvalue weighted by atomic mass is 16.5. The maximum absolute atomic E-state index is 12.5. The number of carbonyl (C=O) groups excluding carboxylic acids is 1. The first-order valence-corrected chi connectivity index (χ1v) is 8.53. The Morgan fingerprint density at radius 1 is 1.19 bits per heavy atom. The van der Waals surface area contributed by atoms with Crippen molar-refractivity contribution in [2.75, 3.05) is 38.0 Å². The number of pyridine rings is 1. The Kier molecular flexibility index (Phi) is 5.91. The number of nitrogens with zero attached hydrogens (tertiary/aromatic N) is 1. The first-order chi connectivity index (χ1) is 12.7. The number of methoxy groups -OCH3 is 2. The van der Waals surface area contributed by atoms with Gasteiger partial charge in [-0.05, 0) is 31.0 Å². The largest absolute Gasteiger partial charge is 0.493 e. The normalized spacial score (nSPS) is 16.2. The van der Waals surface area contributed by atoms with E-state index in [1.165, 1.54) is 6.20 Å². The SMILES string of the molecule is COc1ccc(NC(=O)c2cncc(NCC3CCCO3)c2)cc1OC. The van der Waals surface area contributed by atoms with Crippen molar-refractivity contribution >= 4 is 17.3 Å². The number of ether oxygens (including phenoxy) is 3. The summed E-state index contributed by atoms with van der Waals surface area (Å²) >= 11 is 0. The van der Waals surface area contributed by atoms with Crippen LogP contribution in [0.1, 0.15) is 23.2 Å². The summed E-state index contributed by atoms with van der Waals surface area (Å²) in [7, 11) is 3.12. The van der Waals surface area contributed by atoms with Gasteiger partial charge in [0.25, 0.3) is 5.91 Å². The maximum Gasteiger partial charge on any atom is 0.257 e. The van der Waals surface area contributed by atoms with Gasteiger partial charge in [0.15, 0.2) is 11.5 Å². The van der Waals surface area contributed by atoms with Crippen LogP contribution in [0.4, 0.5) is 11.4 Å². The molecule has 2 heterocycles. The van der Waals surface area contributed by atoms with E-state index in [4.69, 9.17) is 14.2 Å². The lowest BCUT2D eigenvalue weighted by Gasteiger charge is -2.13. The minimum atomic E-state index is -0.245. The van der Waals surface area contributed by atoms with Crippen LogP contribution in [0, 0.1) is 0 Å². The Hall–Kier alpha value is -2.80. The fourth-order valence-electron chi connectivity index (χ4n) is 2.82. The number of anilines is 2. The lowest BCUT2D eigenvalue weighted by molar-refractivity contribution is 0.102. The van der Waals surface area contributed by atoms with E-state index in [1.54, 1.807) is 44.7 Å². The molecular weight excluding hydrogens is 334 g/mol. The number of hydrogen-bond acceptors (Lipinski definition) is 6. The zero-order valence-electron chi connectivity index (χ0n) is 15.0. The summed E-state index contributed by atoms with van der Waals surface area (Å²) in [6.45, 7) is 1.53. The summed E-state index contributed by atoms with van der Waals surface area (Å²) in [5.74, 6) is 0.911. The molecule has 1 fully saturated rings. The summed E-state index contributed by atoms with van der Waals surface area (Å²) in [5, 5.41) is 6.12. The van der Waals surface area contributed by atoms with Gasteiger partial charge in [-0.2, -0.15) is 0 Å². The summed E-state index contributed by atoms with van der Waals surface area (Å²) in [4.78, 5) is 16.7. The topological polar surface area (TPSA) is 81.7 Å². The van der Waals surface area contributed by atoms with Gasteiger partial charge in [0, 0.05) is 37.3 Å². The molecule has 0 aliphatic carbocycles. The van der Waals surface area contributed by atoms with E-state index in [2.05, 4.69) is 15.6 Å². The number of amides is 1. The van der Waals surface area contributed by atoms with Gasteiger partial charge in [0.2, 0.25) is 0 Å². The zero-order chi connectivity index (χ0) is 18.4. The third-order valence-corrected chi connectivity index (χ3v) is 4.20. The molecule has 0 bridgehead atoms. The third kappa shape index (κ3) is 4.43. The molecule has 1 aromatic heterocycles. The fourth-order valence-corrected chi connectivity index (χ4v) is 2.82. The molecule has 0 spiro atoms. The van der Waals surface area contributed by atoms with Crippen LogP contribution in [0.15, 0.2) is 36.7 Å². The Morgan fingerprint density at radius 3 is 2.77 bits per heavy atom. The first-order valence-electron chi connectivity index (χ1n) is 8.53. The van der Waals surface area contributed by atoms with E-state index in [0.29, 0.717) is 29.3 Å². The molecule has 1 aromatic carbocycles. The maximum atomic E-state index is 12.5. The van der Waals surface area contributed by atoms with Crippen LogP contribution in [0.5, 0.6) is 11.5 Å². The van der Waals surface area contributed by atoms with Gasteiger partial charge in [0.05, 0.1) is 31.6 Å². The molecule has 1 aliphatic rings. The average Bonchev–Trinajstić information content (AvgIpc) is 3.20. The predicted octanol–water partition coefficient (Wildman–Crippen LogP) is 2.94. The van der Waals surface area contributed by atoms with Gasteiger partial charge in [0.1, 0.15) is 0 Å². The number of hydrogen-bond donors (Lipinski definition) is 2.